The summed E-state index contributed by atoms with van der Waals surface area (Å²) in [6.45, 7) is 3.18. The van der Waals surface area contributed by atoms with Crippen molar-refractivity contribution in [2.24, 2.45) is 0 Å². The molecular formula is C31H29ClF4N2O5S. The lowest BCUT2D eigenvalue weighted by Gasteiger charge is -2.36. The van der Waals surface area contributed by atoms with E-state index < -0.39 is 38.6 Å². The summed E-state index contributed by atoms with van der Waals surface area (Å²) in [6, 6.07) is 12.5. The molecule has 5 rings (SSSR count). The summed E-state index contributed by atoms with van der Waals surface area (Å²) in [5, 5.41) is 0.197. The molecule has 44 heavy (non-hydrogen) atoms. The van der Waals surface area contributed by atoms with E-state index in [1.807, 2.05) is 0 Å². The van der Waals surface area contributed by atoms with E-state index >= 15 is 0 Å². The molecular weight excluding hydrogens is 624 g/mol. The molecule has 0 aromatic heterocycles. The number of hydrogen-bond donors (Lipinski definition) is 0. The van der Waals surface area contributed by atoms with Crippen LogP contribution in [0.25, 0.3) is 11.6 Å². The molecule has 1 amide bonds. The first-order valence-electron chi connectivity index (χ1n) is 13.8. The van der Waals surface area contributed by atoms with Crippen LogP contribution in [-0.2, 0) is 25.7 Å². The summed E-state index contributed by atoms with van der Waals surface area (Å²) in [6.07, 6.45) is -3.63. The van der Waals surface area contributed by atoms with Crippen LogP contribution < -0.4 is 9.04 Å². The smallest absolute Gasteiger partial charge is 0.416 e. The van der Waals surface area contributed by atoms with Gasteiger partial charge >= 0.3 is 6.18 Å². The second-order valence-electron chi connectivity index (χ2n) is 10.5. The Bertz CT molecular complexity index is 1670. The third-order valence-corrected chi connectivity index (χ3v) is 9.54. The molecule has 0 bridgehead atoms. The molecule has 13 heteroatoms. The Balaban J connectivity index is 1.50. The number of sulfonamides is 1. The maximum absolute atomic E-state index is 14.5. The van der Waals surface area contributed by atoms with Crippen LogP contribution in [-0.4, -0.2) is 58.2 Å². The number of amides is 1. The van der Waals surface area contributed by atoms with E-state index in [1.165, 1.54) is 18.2 Å². The summed E-state index contributed by atoms with van der Waals surface area (Å²) >= 11 is 6.22. The zero-order chi connectivity index (χ0) is 31.6. The lowest BCUT2D eigenvalue weighted by atomic mass is 10.0. The second-order valence-corrected chi connectivity index (χ2v) is 12.8. The van der Waals surface area contributed by atoms with Crippen LogP contribution in [0.5, 0.6) is 5.75 Å². The van der Waals surface area contributed by atoms with Crippen molar-refractivity contribution >= 4 is 44.9 Å². The van der Waals surface area contributed by atoms with Crippen LogP contribution in [0.2, 0.25) is 5.02 Å². The molecule has 0 N–H and O–H groups in total. The number of benzene rings is 3. The number of carbonyl (C=O) groups is 1. The van der Waals surface area contributed by atoms with Crippen molar-refractivity contribution in [3.63, 3.8) is 0 Å². The van der Waals surface area contributed by atoms with Crippen molar-refractivity contribution in [2.75, 3.05) is 37.2 Å². The molecule has 0 unspecified atom stereocenters. The first-order valence-corrected chi connectivity index (χ1v) is 15.7. The predicted octanol–water partition coefficient (Wildman–Crippen LogP) is 6.65. The number of alkyl halides is 3. The van der Waals surface area contributed by atoms with Gasteiger partial charge in [0.1, 0.15) is 17.7 Å². The molecule has 234 valence electrons. The van der Waals surface area contributed by atoms with E-state index in [1.54, 1.807) is 36.1 Å². The Morgan fingerprint density at radius 3 is 2.50 bits per heavy atom. The van der Waals surface area contributed by atoms with Gasteiger partial charge in [-0.05, 0) is 66.9 Å². The fourth-order valence-electron chi connectivity index (χ4n) is 5.21. The van der Waals surface area contributed by atoms with Crippen LogP contribution in [0.3, 0.4) is 0 Å². The molecule has 2 aliphatic heterocycles. The minimum atomic E-state index is -4.75. The quantitative estimate of drug-likeness (QED) is 0.211. The highest BCUT2D eigenvalue weighted by Gasteiger charge is 2.37. The molecule has 0 aliphatic carbocycles. The number of halogens is 5. The second kappa shape index (κ2) is 12.8. The van der Waals surface area contributed by atoms with Crippen LogP contribution in [0.1, 0.15) is 36.5 Å². The van der Waals surface area contributed by atoms with Gasteiger partial charge < -0.3 is 14.4 Å². The SMILES string of the molecule is C/C(=C\c1ccc2c(c1)N(S(=O)(=O)c1cccc(C(F)(F)F)c1)C[C@H](CCC(=O)N1CCOCC1)O2)c1c(F)cccc1Cl. The highest BCUT2D eigenvalue weighted by atomic mass is 35.5. The van der Waals surface area contributed by atoms with E-state index in [-0.39, 0.29) is 47.3 Å². The number of fused-ring (bicyclic) bond motifs is 1. The lowest BCUT2D eigenvalue weighted by Crippen LogP contribution is -2.45. The third kappa shape index (κ3) is 6.87. The van der Waals surface area contributed by atoms with Crippen molar-refractivity contribution < 1.29 is 40.2 Å². The molecule has 0 saturated carbocycles. The Morgan fingerprint density at radius 2 is 1.80 bits per heavy atom. The number of carbonyl (C=O) groups excluding carboxylic acids is 1. The van der Waals surface area contributed by atoms with Crippen LogP contribution in [0.4, 0.5) is 23.2 Å². The first kappa shape index (κ1) is 31.8. The van der Waals surface area contributed by atoms with Crippen LogP contribution >= 0.6 is 11.6 Å². The zero-order valence-corrected chi connectivity index (χ0v) is 25.2. The molecule has 7 nitrogen and oxygen atoms in total. The summed E-state index contributed by atoms with van der Waals surface area (Å²) < 4.78 is 95.3. The Kier molecular flexibility index (Phi) is 9.24. The van der Waals surface area contributed by atoms with Gasteiger partial charge in [0, 0.05) is 25.1 Å². The molecule has 0 radical (unpaired) electrons. The van der Waals surface area contributed by atoms with Crippen molar-refractivity contribution in [2.45, 2.75) is 36.9 Å². The summed E-state index contributed by atoms with van der Waals surface area (Å²) in [7, 11) is -4.52. The molecule has 3 aromatic rings. The van der Waals surface area contributed by atoms with Gasteiger partial charge in [-0.15, -0.1) is 0 Å². The minimum absolute atomic E-state index is 0.0842. The number of rotatable bonds is 7. The average molecular weight is 653 g/mol. The van der Waals surface area contributed by atoms with Gasteiger partial charge in [0.15, 0.2) is 0 Å². The molecule has 0 spiro atoms. The van der Waals surface area contributed by atoms with E-state index in [4.69, 9.17) is 21.1 Å². The normalized spacial score (nSPS) is 17.7. The Labute approximate surface area is 257 Å². The molecule has 1 atom stereocenters. The fourth-order valence-corrected chi connectivity index (χ4v) is 7.07. The van der Waals surface area contributed by atoms with Gasteiger partial charge in [-0.2, -0.15) is 13.2 Å². The molecule has 2 heterocycles. The van der Waals surface area contributed by atoms with Gasteiger partial charge in [0.2, 0.25) is 5.91 Å². The number of morpholine rings is 1. The van der Waals surface area contributed by atoms with Crippen molar-refractivity contribution in [1.29, 1.82) is 0 Å². The summed E-state index contributed by atoms with van der Waals surface area (Å²) in [5.41, 5.74) is 0.126. The standard InChI is InChI=1S/C31H29ClF4N2O5S/c1-20(30-25(32)6-3-7-26(30)33)16-21-8-10-28-27(17-21)38(44(40,41)24-5-2-4-22(18-24)31(34,35)36)19-23(43-28)9-11-29(39)37-12-14-42-15-13-37/h2-8,10,16-18,23H,9,11-15,19H2,1H3/b20-16+/t23-/m0/s1. The summed E-state index contributed by atoms with van der Waals surface area (Å²) in [5.74, 6) is -0.483. The molecule has 1 saturated heterocycles. The van der Waals surface area contributed by atoms with Crippen LogP contribution in [0.15, 0.2) is 65.6 Å². The topological polar surface area (TPSA) is 76.2 Å². The van der Waals surface area contributed by atoms with Gasteiger partial charge in [-0.25, -0.2) is 12.8 Å². The Hall–Kier alpha value is -3.61. The molecule has 2 aliphatic rings. The van der Waals surface area contributed by atoms with Gasteiger partial charge in [0.05, 0.1) is 40.9 Å². The van der Waals surface area contributed by atoms with Crippen LogP contribution in [0, 0.1) is 5.82 Å². The van der Waals surface area contributed by atoms with Crippen molar-refractivity contribution in [3.05, 3.63) is 88.2 Å². The van der Waals surface area contributed by atoms with E-state index in [0.717, 1.165) is 22.5 Å². The number of allylic oxidation sites excluding steroid dienone is 1. The van der Waals surface area contributed by atoms with Gasteiger partial charge in [-0.1, -0.05) is 35.9 Å². The number of nitrogens with zero attached hydrogens (tertiary/aromatic N) is 2. The van der Waals surface area contributed by atoms with Crippen molar-refractivity contribution in [1.82, 2.24) is 4.90 Å². The lowest BCUT2D eigenvalue weighted by molar-refractivity contribution is -0.138. The highest BCUT2D eigenvalue weighted by Crippen LogP contribution is 2.40. The largest absolute Gasteiger partial charge is 0.486 e. The van der Waals surface area contributed by atoms with Gasteiger partial charge in [0.25, 0.3) is 10.0 Å². The minimum Gasteiger partial charge on any atom is -0.486 e. The number of hydrogen-bond acceptors (Lipinski definition) is 5. The maximum Gasteiger partial charge on any atom is 0.416 e. The number of ether oxygens (including phenoxy) is 2. The molecule has 3 aromatic carbocycles. The maximum atomic E-state index is 14.5. The monoisotopic (exact) mass is 652 g/mol. The van der Waals surface area contributed by atoms with E-state index in [2.05, 4.69) is 0 Å². The predicted molar refractivity (Wildman–Crippen MR) is 158 cm³/mol. The third-order valence-electron chi connectivity index (χ3n) is 7.45. The van der Waals surface area contributed by atoms with Gasteiger partial charge in [-0.3, -0.25) is 9.10 Å². The summed E-state index contributed by atoms with van der Waals surface area (Å²) in [4.78, 5) is 13.9. The average Bonchev–Trinajstić information content (AvgIpc) is 2.99. The number of anilines is 1. The van der Waals surface area contributed by atoms with E-state index in [9.17, 15) is 30.8 Å². The highest BCUT2D eigenvalue weighted by molar-refractivity contribution is 7.92. The first-order chi connectivity index (χ1) is 20.8. The molecule has 1 fully saturated rings. The van der Waals surface area contributed by atoms with Crippen molar-refractivity contribution in [3.8, 4) is 5.75 Å². The zero-order valence-electron chi connectivity index (χ0n) is 23.6. The fraction of sp³-hybridized carbons (Fsp3) is 0.323. The van der Waals surface area contributed by atoms with E-state index in [0.29, 0.717) is 43.5 Å². The Morgan fingerprint density at radius 1 is 1.07 bits per heavy atom.